The summed E-state index contributed by atoms with van der Waals surface area (Å²) in [5, 5.41) is 8.55. The van der Waals surface area contributed by atoms with E-state index in [4.69, 9.17) is 0 Å². The summed E-state index contributed by atoms with van der Waals surface area (Å²) in [6, 6.07) is 21.6. The minimum absolute atomic E-state index is 0.0295. The number of carbonyl (C=O) groups is 2. The first-order chi connectivity index (χ1) is 19.2. The molecule has 0 saturated heterocycles. The Morgan fingerprint density at radius 2 is 1.48 bits per heavy atom. The SMILES string of the molecule is CC(C)(C)NSc1cccc2c(NC(=O)[C@H](Cc3ccccc3)NC(=O)C34CC5CC(CC(C5)C3)C4)cccc12. The molecule has 5 nitrogen and oxygen atoms in total. The molecular formula is C34H41N3O2S. The van der Waals surface area contributed by atoms with Crippen LogP contribution in [0.5, 0.6) is 0 Å². The van der Waals surface area contributed by atoms with E-state index in [9.17, 15) is 9.59 Å². The minimum Gasteiger partial charge on any atom is -0.343 e. The first-order valence-electron chi connectivity index (χ1n) is 14.8. The van der Waals surface area contributed by atoms with Crippen LogP contribution in [0.3, 0.4) is 0 Å². The third-order valence-electron chi connectivity index (χ3n) is 9.03. The average molecular weight is 556 g/mol. The van der Waals surface area contributed by atoms with Crippen molar-refractivity contribution in [2.24, 2.45) is 23.2 Å². The van der Waals surface area contributed by atoms with Crippen LogP contribution in [0.15, 0.2) is 71.6 Å². The molecule has 0 aromatic heterocycles. The number of hydrogen-bond donors (Lipinski definition) is 3. The first kappa shape index (κ1) is 27.3. The number of amides is 2. The summed E-state index contributed by atoms with van der Waals surface area (Å²) in [6.07, 6.45) is 7.27. The number of benzene rings is 3. The van der Waals surface area contributed by atoms with Gasteiger partial charge < -0.3 is 10.6 Å². The lowest BCUT2D eigenvalue weighted by atomic mass is 9.49. The highest BCUT2D eigenvalue weighted by molar-refractivity contribution is 7.97. The molecule has 210 valence electrons. The number of nitrogens with one attached hydrogen (secondary N) is 3. The predicted octanol–water partition coefficient (Wildman–Crippen LogP) is 7.12. The number of carbonyl (C=O) groups excluding carboxylic acids is 2. The summed E-state index contributed by atoms with van der Waals surface area (Å²) in [6.45, 7) is 6.42. The summed E-state index contributed by atoms with van der Waals surface area (Å²) in [7, 11) is 0. The first-order valence-corrected chi connectivity index (χ1v) is 15.6. The zero-order chi connectivity index (χ0) is 27.9. The van der Waals surface area contributed by atoms with E-state index < -0.39 is 6.04 Å². The fourth-order valence-electron chi connectivity index (χ4n) is 7.67. The molecule has 7 rings (SSSR count). The maximum atomic E-state index is 14.0. The summed E-state index contributed by atoms with van der Waals surface area (Å²) < 4.78 is 3.49. The normalized spacial score (nSPS) is 26.0. The molecule has 1 atom stereocenters. The molecule has 4 aliphatic rings. The molecule has 6 heteroatoms. The van der Waals surface area contributed by atoms with Crippen LogP contribution in [0.2, 0.25) is 0 Å². The van der Waals surface area contributed by atoms with Crippen molar-refractivity contribution in [3.8, 4) is 0 Å². The van der Waals surface area contributed by atoms with E-state index in [1.807, 2.05) is 54.6 Å². The average Bonchev–Trinajstić information content (AvgIpc) is 2.91. The lowest BCUT2D eigenvalue weighted by molar-refractivity contribution is -0.148. The third kappa shape index (κ3) is 5.80. The van der Waals surface area contributed by atoms with E-state index in [1.54, 1.807) is 11.9 Å². The van der Waals surface area contributed by atoms with Gasteiger partial charge >= 0.3 is 0 Å². The molecule has 0 unspecified atom stereocenters. The second kappa shape index (κ2) is 10.9. The molecule has 40 heavy (non-hydrogen) atoms. The lowest BCUT2D eigenvalue weighted by Crippen LogP contribution is -2.57. The Morgan fingerprint density at radius 3 is 2.12 bits per heavy atom. The van der Waals surface area contributed by atoms with Crippen LogP contribution in [-0.2, 0) is 16.0 Å². The van der Waals surface area contributed by atoms with Gasteiger partial charge in [-0.05, 0) is 112 Å². The zero-order valence-corrected chi connectivity index (χ0v) is 24.7. The maximum absolute atomic E-state index is 14.0. The van der Waals surface area contributed by atoms with Gasteiger partial charge in [0, 0.05) is 33.3 Å². The van der Waals surface area contributed by atoms with E-state index in [-0.39, 0.29) is 22.8 Å². The van der Waals surface area contributed by atoms with Gasteiger partial charge in [0.15, 0.2) is 0 Å². The smallest absolute Gasteiger partial charge is 0.247 e. The molecule has 4 saturated carbocycles. The largest absolute Gasteiger partial charge is 0.343 e. The molecular weight excluding hydrogens is 514 g/mol. The number of fused-ring (bicyclic) bond motifs is 1. The molecule has 2 amide bonds. The molecule has 0 spiro atoms. The van der Waals surface area contributed by atoms with Crippen LogP contribution in [0.1, 0.15) is 64.9 Å². The van der Waals surface area contributed by atoms with Gasteiger partial charge in [-0.1, -0.05) is 54.6 Å². The maximum Gasteiger partial charge on any atom is 0.247 e. The minimum atomic E-state index is -0.640. The molecule has 3 aromatic carbocycles. The fraction of sp³-hybridized carbons (Fsp3) is 0.471. The molecule has 0 aliphatic heterocycles. The van der Waals surface area contributed by atoms with E-state index >= 15 is 0 Å². The van der Waals surface area contributed by atoms with Crippen molar-refractivity contribution in [3.05, 3.63) is 72.3 Å². The monoisotopic (exact) mass is 555 g/mol. The van der Waals surface area contributed by atoms with Crippen molar-refractivity contribution >= 4 is 40.2 Å². The Labute approximate surface area is 242 Å². The summed E-state index contributed by atoms with van der Waals surface area (Å²) >= 11 is 1.61. The summed E-state index contributed by atoms with van der Waals surface area (Å²) in [5.74, 6) is 1.95. The second-order valence-electron chi connectivity index (χ2n) is 13.5. The topological polar surface area (TPSA) is 70.2 Å². The van der Waals surface area contributed by atoms with Crippen LogP contribution in [-0.4, -0.2) is 23.4 Å². The van der Waals surface area contributed by atoms with Gasteiger partial charge in [-0.15, -0.1) is 0 Å². The summed E-state index contributed by atoms with van der Waals surface area (Å²) in [4.78, 5) is 29.0. The Morgan fingerprint density at radius 1 is 0.850 bits per heavy atom. The third-order valence-corrected chi connectivity index (χ3v) is 10.3. The Balaban J connectivity index is 1.25. The van der Waals surface area contributed by atoms with E-state index in [2.05, 4.69) is 48.3 Å². The van der Waals surface area contributed by atoms with Crippen LogP contribution in [0, 0.1) is 23.2 Å². The van der Waals surface area contributed by atoms with Gasteiger partial charge in [-0.3, -0.25) is 14.3 Å². The molecule has 0 radical (unpaired) electrons. The van der Waals surface area contributed by atoms with E-state index in [0.29, 0.717) is 24.2 Å². The molecule has 0 heterocycles. The highest BCUT2D eigenvalue weighted by atomic mass is 32.2. The second-order valence-corrected chi connectivity index (χ2v) is 14.4. The van der Waals surface area contributed by atoms with Gasteiger partial charge in [0.25, 0.3) is 0 Å². The standard InChI is InChI=1S/C34H41N3O2S/c1-33(2,3)37-40-30-14-8-11-26-27(30)12-7-13-28(26)35-31(38)29(18-22-9-5-4-6-10-22)36-32(39)34-19-23-15-24(20-34)17-25(16-23)21-34/h4-14,23-25,29,37H,15-21H2,1-3H3,(H,35,38)(H,36,39)/t23?,24?,25?,29-,34?/m0/s1. The molecule has 4 fully saturated rings. The van der Waals surface area contributed by atoms with Crippen molar-refractivity contribution in [2.45, 2.75) is 82.2 Å². The van der Waals surface area contributed by atoms with Crippen molar-refractivity contribution in [2.75, 3.05) is 5.32 Å². The molecule has 3 aromatic rings. The van der Waals surface area contributed by atoms with E-state index in [1.165, 1.54) is 19.3 Å². The van der Waals surface area contributed by atoms with Gasteiger partial charge in [0.1, 0.15) is 6.04 Å². The number of anilines is 1. The predicted molar refractivity (Wildman–Crippen MR) is 164 cm³/mol. The van der Waals surface area contributed by atoms with Crippen molar-refractivity contribution in [3.63, 3.8) is 0 Å². The van der Waals surface area contributed by atoms with Crippen LogP contribution in [0.25, 0.3) is 10.8 Å². The Hall–Kier alpha value is -2.83. The van der Waals surface area contributed by atoms with Gasteiger partial charge in [-0.25, -0.2) is 0 Å². The lowest BCUT2D eigenvalue weighted by Gasteiger charge is -2.55. The van der Waals surface area contributed by atoms with Crippen molar-refractivity contribution in [1.82, 2.24) is 10.0 Å². The Kier molecular flexibility index (Phi) is 7.43. The highest BCUT2D eigenvalue weighted by Crippen LogP contribution is 2.60. The quantitative estimate of drug-likeness (QED) is 0.259. The number of rotatable bonds is 8. The molecule has 4 aliphatic carbocycles. The van der Waals surface area contributed by atoms with Crippen molar-refractivity contribution < 1.29 is 9.59 Å². The number of hydrogen-bond acceptors (Lipinski definition) is 4. The van der Waals surface area contributed by atoms with Crippen LogP contribution >= 0.6 is 11.9 Å². The van der Waals surface area contributed by atoms with Crippen LogP contribution in [0.4, 0.5) is 5.69 Å². The fourth-order valence-corrected chi connectivity index (χ4v) is 8.52. The zero-order valence-electron chi connectivity index (χ0n) is 23.8. The molecule has 4 bridgehead atoms. The van der Waals surface area contributed by atoms with E-state index in [0.717, 1.165) is 46.2 Å². The van der Waals surface area contributed by atoms with Crippen molar-refractivity contribution in [1.29, 1.82) is 0 Å². The van der Waals surface area contributed by atoms with Gasteiger partial charge in [0.2, 0.25) is 11.8 Å². The van der Waals surface area contributed by atoms with Gasteiger partial charge in [-0.2, -0.15) is 0 Å². The van der Waals surface area contributed by atoms with Gasteiger partial charge in [0.05, 0.1) is 0 Å². The summed E-state index contributed by atoms with van der Waals surface area (Å²) in [5.41, 5.74) is 1.48. The molecule has 3 N–H and O–H groups in total. The van der Waals surface area contributed by atoms with Crippen LogP contribution < -0.4 is 15.4 Å². The highest BCUT2D eigenvalue weighted by Gasteiger charge is 2.55. The Bertz CT molecular complexity index is 1360.